The van der Waals surface area contributed by atoms with Crippen molar-refractivity contribution in [3.05, 3.63) is 28.8 Å². The van der Waals surface area contributed by atoms with Crippen LogP contribution in [0.1, 0.15) is 43.0 Å². The molecule has 0 saturated heterocycles. The lowest BCUT2D eigenvalue weighted by atomic mass is 9.86. The molecule has 1 saturated carbocycles. The summed E-state index contributed by atoms with van der Waals surface area (Å²) in [5, 5.41) is 3.26. The Hall–Kier alpha value is -1.11. The Balaban J connectivity index is 2.26. The van der Waals surface area contributed by atoms with E-state index in [1.165, 1.54) is 38.7 Å². The number of carbonyl (C=O) groups excluding carboxylic acids is 1. The van der Waals surface area contributed by atoms with Crippen LogP contribution in [0.2, 0.25) is 5.02 Å². The third-order valence-electron chi connectivity index (χ3n) is 4.39. The Kier molecular flexibility index (Phi) is 5.70. The van der Waals surface area contributed by atoms with Crippen LogP contribution in [0.3, 0.4) is 0 Å². The van der Waals surface area contributed by atoms with E-state index in [1.54, 1.807) is 0 Å². The molecule has 0 radical (unpaired) electrons. The lowest BCUT2D eigenvalue weighted by Crippen LogP contribution is -2.41. The molecule has 2 atom stereocenters. The molecule has 0 aromatic heterocycles. The summed E-state index contributed by atoms with van der Waals surface area (Å²) in [7, 11) is -0.695. The normalized spacial score (nSPS) is 22.1. The highest BCUT2D eigenvalue weighted by molar-refractivity contribution is 7.89. The van der Waals surface area contributed by atoms with E-state index in [-0.39, 0.29) is 27.4 Å². The Morgan fingerprint density at radius 2 is 1.91 bits per heavy atom. The molecule has 23 heavy (non-hydrogen) atoms. The van der Waals surface area contributed by atoms with Crippen molar-refractivity contribution in [2.75, 3.05) is 14.1 Å². The van der Waals surface area contributed by atoms with Crippen molar-refractivity contribution in [1.82, 2.24) is 9.62 Å². The maximum absolute atomic E-state index is 12.5. The number of benzene rings is 1. The summed E-state index contributed by atoms with van der Waals surface area (Å²) in [6.07, 6.45) is 4.32. The molecule has 0 bridgehead atoms. The summed E-state index contributed by atoms with van der Waals surface area (Å²) in [5.74, 6) is 0.102. The fourth-order valence-electron chi connectivity index (χ4n) is 2.83. The van der Waals surface area contributed by atoms with E-state index in [0.29, 0.717) is 5.92 Å². The Morgan fingerprint density at radius 3 is 2.52 bits per heavy atom. The van der Waals surface area contributed by atoms with E-state index in [4.69, 9.17) is 11.6 Å². The van der Waals surface area contributed by atoms with Gasteiger partial charge >= 0.3 is 0 Å². The van der Waals surface area contributed by atoms with Crippen LogP contribution in [0.15, 0.2) is 23.1 Å². The minimum absolute atomic E-state index is 0.0637. The van der Waals surface area contributed by atoms with Gasteiger partial charge in [0.05, 0.1) is 15.5 Å². The highest BCUT2D eigenvalue weighted by atomic mass is 35.5. The summed E-state index contributed by atoms with van der Waals surface area (Å²) >= 11 is 6.11. The predicted molar refractivity (Wildman–Crippen MR) is 91.2 cm³/mol. The average Bonchev–Trinajstić information content (AvgIpc) is 2.49. The van der Waals surface area contributed by atoms with Gasteiger partial charge in [-0.05, 0) is 37.0 Å². The van der Waals surface area contributed by atoms with Gasteiger partial charge in [0.2, 0.25) is 10.0 Å². The molecule has 5 nitrogen and oxygen atoms in total. The van der Waals surface area contributed by atoms with E-state index in [2.05, 4.69) is 12.2 Å². The van der Waals surface area contributed by atoms with Crippen LogP contribution >= 0.6 is 11.6 Å². The van der Waals surface area contributed by atoms with Crippen molar-refractivity contribution in [1.29, 1.82) is 0 Å². The molecule has 128 valence electrons. The zero-order valence-corrected chi connectivity index (χ0v) is 15.2. The fraction of sp³-hybridized carbons (Fsp3) is 0.562. The molecule has 0 spiro atoms. The van der Waals surface area contributed by atoms with Crippen LogP contribution in [-0.4, -0.2) is 38.8 Å². The third-order valence-corrected chi connectivity index (χ3v) is 6.53. The highest BCUT2D eigenvalue weighted by Crippen LogP contribution is 2.26. The van der Waals surface area contributed by atoms with Crippen LogP contribution in [-0.2, 0) is 10.0 Å². The van der Waals surface area contributed by atoms with Crippen LogP contribution in [0.25, 0.3) is 0 Å². The van der Waals surface area contributed by atoms with E-state index in [0.717, 1.165) is 23.6 Å². The first-order valence-electron chi connectivity index (χ1n) is 7.76. The Morgan fingerprint density at radius 1 is 1.26 bits per heavy atom. The SMILES string of the molecule is C[C@@H]1CCCC[C@@H]1NC(=O)c1cc(S(=O)(=O)N(C)C)ccc1Cl. The second-order valence-corrected chi connectivity index (χ2v) is 8.83. The molecule has 1 N–H and O–H groups in total. The van der Waals surface area contributed by atoms with Crippen molar-refractivity contribution < 1.29 is 13.2 Å². The summed E-state index contributed by atoms with van der Waals surface area (Å²) < 4.78 is 25.5. The average molecular weight is 359 g/mol. The summed E-state index contributed by atoms with van der Waals surface area (Å²) in [6.45, 7) is 2.12. The lowest BCUT2D eigenvalue weighted by Gasteiger charge is -2.29. The quantitative estimate of drug-likeness (QED) is 0.899. The number of nitrogens with one attached hydrogen (secondary N) is 1. The van der Waals surface area contributed by atoms with Crippen molar-refractivity contribution in [3.8, 4) is 0 Å². The van der Waals surface area contributed by atoms with Gasteiger partial charge in [0.1, 0.15) is 0 Å². The number of halogens is 1. The molecule has 1 aromatic rings. The van der Waals surface area contributed by atoms with Gasteiger partial charge in [0, 0.05) is 20.1 Å². The third kappa shape index (κ3) is 4.05. The summed E-state index contributed by atoms with van der Waals surface area (Å²) in [6, 6.07) is 4.33. The van der Waals surface area contributed by atoms with Gasteiger partial charge in [-0.1, -0.05) is 31.4 Å². The zero-order chi connectivity index (χ0) is 17.2. The molecule has 0 heterocycles. The summed E-state index contributed by atoms with van der Waals surface area (Å²) in [5.41, 5.74) is 0.201. The minimum atomic E-state index is -3.60. The van der Waals surface area contributed by atoms with Gasteiger partial charge in [-0.2, -0.15) is 0 Å². The smallest absolute Gasteiger partial charge is 0.253 e. The molecular weight excluding hydrogens is 336 g/mol. The van der Waals surface area contributed by atoms with E-state index >= 15 is 0 Å². The number of carbonyl (C=O) groups is 1. The number of hydrogen-bond acceptors (Lipinski definition) is 3. The number of rotatable bonds is 4. The van der Waals surface area contributed by atoms with E-state index in [1.807, 2.05) is 0 Å². The Labute approximate surface area is 143 Å². The molecule has 1 aliphatic carbocycles. The number of amides is 1. The van der Waals surface area contributed by atoms with Gasteiger partial charge in [-0.15, -0.1) is 0 Å². The van der Waals surface area contributed by atoms with Gasteiger partial charge in [-0.25, -0.2) is 12.7 Å². The maximum atomic E-state index is 12.5. The molecule has 1 aromatic carbocycles. The lowest BCUT2D eigenvalue weighted by molar-refractivity contribution is 0.0910. The summed E-state index contributed by atoms with van der Waals surface area (Å²) in [4.78, 5) is 12.6. The molecular formula is C16H23ClN2O3S. The van der Waals surface area contributed by atoms with Crippen molar-refractivity contribution in [3.63, 3.8) is 0 Å². The largest absolute Gasteiger partial charge is 0.349 e. The fourth-order valence-corrected chi connectivity index (χ4v) is 3.96. The van der Waals surface area contributed by atoms with Gasteiger partial charge < -0.3 is 5.32 Å². The molecule has 1 amide bonds. The standard InChI is InChI=1S/C16H23ClN2O3S/c1-11-6-4-5-7-15(11)18-16(20)13-10-12(8-9-14(13)17)23(21,22)19(2)3/h8-11,15H,4-7H2,1-3H3,(H,18,20)/t11-,15+/m1/s1. The van der Waals surface area contributed by atoms with Crippen LogP contribution < -0.4 is 5.32 Å². The first-order chi connectivity index (χ1) is 10.7. The molecule has 1 fully saturated rings. The second-order valence-electron chi connectivity index (χ2n) is 6.27. The van der Waals surface area contributed by atoms with Gasteiger partial charge in [0.25, 0.3) is 5.91 Å². The molecule has 7 heteroatoms. The van der Waals surface area contributed by atoms with Crippen molar-refractivity contribution >= 4 is 27.5 Å². The molecule has 2 rings (SSSR count). The highest BCUT2D eigenvalue weighted by Gasteiger charge is 2.25. The van der Waals surface area contributed by atoms with Gasteiger partial charge in [-0.3, -0.25) is 4.79 Å². The molecule has 0 aliphatic heterocycles. The van der Waals surface area contributed by atoms with Crippen LogP contribution in [0.4, 0.5) is 0 Å². The molecule has 0 unspecified atom stereocenters. The topological polar surface area (TPSA) is 66.5 Å². The zero-order valence-electron chi connectivity index (χ0n) is 13.7. The predicted octanol–water partition coefficient (Wildman–Crippen LogP) is 2.90. The number of nitrogens with zero attached hydrogens (tertiary/aromatic N) is 1. The molecule has 1 aliphatic rings. The Bertz CT molecular complexity index is 689. The van der Waals surface area contributed by atoms with Gasteiger partial charge in [0.15, 0.2) is 0 Å². The first-order valence-corrected chi connectivity index (χ1v) is 9.58. The van der Waals surface area contributed by atoms with Crippen LogP contribution in [0.5, 0.6) is 0 Å². The number of hydrogen-bond donors (Lipinski definition) is 1. The van der Waals surface area contributed by atoms with Crippen molar-refractivity contribution in [2.45, 2.75) is 43.5 Å². The maximum Gasteiger partial charge on any atom is 0.253 e. The van der Waals surface area contributed by atoms with E-state index < -0.39 is 10.0 Å². The van der Waals surface area contributed by atoms with Crippen molar-refractivity contribution in [2.24, 2.45) is 5.92 Å². The minimum Gasteiger partial charge on any atom is -0.349 e. The monoisotopic (exact) mass is 358 g/mol. The first kappa shape index (κ1) is 18.2. The van der Waals surface area contributed by atoms with Crippen LogP contribution in [0, 0.1) is 5.92 Å². The number of sulfonamides is 1. The second kappa shape index (κ2) is 7.20. The van der Waals surface area contributed by atoms with E-state index in [9.17, 15) is 13.2 Å².